The van der Waals surface area contributed by atoms with Crippen molar-refractivity contribution >= 4 is 28.3 Å². The Balaban J connectivity index is 2.37. The van der Waals surface area contributed by atoms with Gasteiger partial charge in [0.2, 0.25) is 0 Å². The highest BCUT2D eigenvalue weighted by Gasteiger charge is 2.11. The summed E-state index contributed by atoms with van der Waals surface area (Å²) in [6, 6.07) is 13.4. The second kappa shape index (κ2) is 4.03. The second-order valence-corrected chi connectivity index (χ2v) is 4.60. The lowest BCUT2D eigenvalue weighted by Crippen LogP contribution is -1.99. The van der Waals surface area contributed by atoms with Gasteiger partial charge in [0.1, 0.15) is 5.82 Å². The van der Waals surface area contributed by atoms with E-state index >= 15 is 0 Å². The number of rotatable bonds is 1. The van der Waals surface area contributed by atoms with Crippen molar-refractivity contribution < 1.29 is 0 Å². The summed E-state index contributed by atoms with van der Waals surface area (Å²) in [5.74, 6) is 0.892. The van der Waals surface area contributed by atoms with Crippen LogP contribution in [0.4, 0.5) is 5.69 Å². The Morgan fingerprint density at radius 2 is 1.94 bits per heavy atom. The van der Waals surface area contributed by atoms with Crippen molar-refractivity contribution in [1.82, 2.24) is 9.55 Å². The van der Waals surface area contributed by atoms with Crippen molar-refractivity contribution in [3.8, 4) is 5.69 Å². The predicted octanol–water partition coefficient (Wildman–Crippen LogP) is 3.57. The van der Waals surface area contributed by atoms with E-state index in [4.69, 9.17) is 17.3 Å². The number of nitrogen functional groups attached to an aromatic ring is 1. The van der Waals surface area contributed by atoms with Gasteiger partial charge in [0.05, 0.1) is 21.7 Å². The lowest BCUT2D eigenvalue weighted by Gasteiger charge is -2.09. The number of benzene rings is 2. The third kappa shape index (κ3) is 1.64. The first-order valence-electron chi connectivity index (χ1n) is 5.66. The number of halogens is 1. The maximum Gasteiger partial charge on any atom is 0.111 e. The van der Waals surface area contributed by atoms with Crippen molar-refractivity contribution in [2.75, 3.05) is 5.73 Å². The minimum atomic E-state index is 0.662. The number of aromatic nitrogens is 2. The summed E-state index contributed by atoms with van der Waals surface area (Å²) < 4.78 is 2.02. The summed E-state index contributed by atoms with van der Waals surface area (Å²) in [4.78, 5) is 4.52. The Hall–Kier alpha value is -2.00. The van der Waals surface area contributed by atoms with E-state index in [0.29, 0.717) is 10.7 Å². The van der Waals surface area contributed by atoms with Crippen LogP contribution < -0.4 is 5.73 Å². The molecule has 0 aliphatic rings. The van der Waals surface area contributed by atoms with Crippen molar-refractivity contribution in [3.05, 3.63) is 53.3 Å². The number of para-hydroxylation sites is 2. The van der Waals surface area contributed by atoms with Crippen molar-refractivity contribution in [3.63, 3.8) is 0 Å². The van der Waals surface area contributed by atoms with Crippen LogP contribution in [0.2, 0.25) is 5.02 Å². The molecular weight excluding hydrogens is 246 g/mol. The summed E-state index contributed by atoms with van der Waals surface area (Å²) in [6.07, 6.45) is 0. The minimum Gasteiger partial charge on any atom is -0.399 e. The Kier molecular flexibility index (Phi) is 2.49. The lowest BCUT2D eigenvalue weighted by atomic mass is 10.2. The van der Waals surface area contributed by atoms with E-state index in [0.717, 1.165) is 22.5 Å². The van der Waals surface area contributed by atoms with Gasteiger partial charge in [0.15, 0.2) is 0 Å². The summed E-state index contributed by atoms with van der Waals surface area (Å²) in [7, 11) is 0. The third-order valence-electron chi connectivity index (χ3n) is 2.94. The van der Waals surface area contributed by atoms with E-state index in [1.54, 1.807) is 12.1 Å². The van der Waals surface area contributed by atoms with Crippen LogP contribution in [0.3, 0.4) is 0 Å². The number of nitrogens with zero attached hydrogens (tertiary/aromatic N) is 2. The molecule has 0 aliphatic carbocycles. The highest BCUT2D eigenvalue weighted by molar-refractivity contribution is 6.32. The van der Waals surface area contributed by atoms with Crippen LogP contribution in [0.15, 0.2) is 42.5 Å². The molecule has 90 valence electrons. The highest BCUT2D eigenvalue weighted by Crippen LogP contribution is 2.28. The van der Waals surface area contributed by atoms with Gasteiger partial charge in [0, 0.05) is 5.69 Å². The first kappa shape index (κ1) is 11.1. The molecule has 0 amide bonds. The van der Waals surface area contributed by atoms with Gasteiger partial charge in [-0.3, -0.25) is 4.57 Å². The first-order chi connectivity index (χ1) is 8.66. The van der Waals surface area contributed by atoms with Crippen molar-refractivity contribution in [2.45, 2.75) is 6.92 Å². The lowest BCUT2D eigenvalue weighted by molar-refractivity contribution is 1.00. The molecule has 1 aromatic heterocycles. The minimum absolute atomic E-state index is 0.662. The number of hydrogen-bond acceptors (Lipinski definition) is 2. The average Bonchev–Trinajstić information content (AvgIpc) is 2.68. The molecule has 0 saturated heterocycles. The fraction of sp³-hybridized carbons (Fsp3) is 0.0714. The molecule has 4 heteroatoms. The van der Waals surface area contributed by atoms with Crippen LogP contribution in [0.25, 0.3) is 16.7 Å². The fourth-order valence-electron chi connectivity index (χ4n) is 2.15. The number of fused-ring (bicyclic) bond motifs is 1. The third-order valence-corrected chi connectivity index (χ3v) is 3.26. The average molecular weight is 258 g/mol. The maximum atomic E-state index is 6.26. The molecule has 3 aromatic rings. The molecule has 0 atom stereocenters. The topological polar surface area (TPSA) is 43.8 Å². The molecular formula is C14H12ClN3. The van der Waals surface area contributed by atoms with Crippen LogP contribution in [0, 0.1) is 6.92 Å². The zero-order chi connectivity index (χ0) is 12.7. The van der Waals surface area contributed by atoms with E-state index in [1.807, 2.05) is 41.8 Å². The number of nitrogens with two attached hydrogens (primary N) is 1. The molecule has 0 radical (unpaired) electrons. The number of anilines is 1. The summed E-state index contributed by atoms with van der Waals surface area (Å²) in [5, 5.41) is 0.662. The first-order valence-corrected chi connectivity index (χ1v) is 6.04. The highest BCUT2D eigenvalue weighted by atomic mass is 35.5. The number of imidazole rings is 1. The van der Waals surface area contributed by atoms with Crippen LogP contribution in [0.1, 0.15) is 5.82 Å². The van der Waals surface area contributed by atoms with E-state index in [2.05, 4.69) is 4.98 Å². The Bertz CT molecular complexity index is 731. The normalized spacial score (nSPS) is 11.0. The van der Waals surface area contributed by atoms with Crippen molar-refractivity contribution in [1.29, 1.82) is 0 Å². The Labute approximate surface area is 110 Å². The van der Waals surface area contributed by atoms with Crippen LogP contribution in [-0.4, -0.2) is 9.55 Å². The molecule has 18 heavy (non-hydrogen) atoms. The largest absolute Gasteiger partial charge is 0.399 e. The van der Waals surface area contributed by atoms with Crippen LogP contribution >= 0.6 is 11.6 Å². The Morgan fingerprint density at radius 1 is 1.17 bits per heavy atom. The summed E-state index contributed by atoms with van der Waals surface area (Å²) in [5.41, 5.74) is 9.37. The number of hydrogen-bond donors (Lipinski definition) is 1. The fourth-order valence-corrected chi connectivity index (χ4v) is 2.35. The SMILES string of the molecule is Cc1nc2ccccc2n1-c1cc(N)ccc1Cl. The molecule has 0 bridgehead atoms. The Morgan fingerprint density at radius 3 is 2.78 bits per heavy atom. The van der Waals surface area contributed by atoms with Gasteiger partial charge >= 0.3 is 0 Å². The van der Waals surface area contributed by atoms with Gasteiger partial charge in [-0.1, -0.05) is 23.7 Å². The van der Waals surface area contributed by atoms with Gasteiger partial charge in [-0.15, -0.1) is 0 Å². The second-order valence-electron chi connectivity index (χ2n) is 4.19. The van der Waals surface area contributed by atoms with Gasteiger partial charge in [-0.2, -0.15) is 0 Å². The molecule has 3 rings (SSSR count). The van der Waals surface area contributed by atoms with E-state index in [1.165, 1.54) is 0 Å². The molecule has 0 fully saturated rings. The molecule has 2 aromatic carbocycles. The monoisotopic (exact) mass is 257 g/mol. The smallest absolute Gasteiger partial charge is 0.111 e. The molecule has 0 unspecified atom stereocenters. The molecule has 0 aliphatic heterocycles. The van der Waals surface area contributed by atoms with Gasteiger partial charge in [-0.25, -0.2) is 4.98 Å². The molecule has 1 heterocycles. The molecule has 2 N–H and O–H groups in total. The van der Waals surface area contributed by atoms with E-state index in [9.17, 15) is 0 Å². The zero-order valence-corrected chi connectivity index (χ0v) is 10.6. The predicted molar refractivity (Wildman–Crippen MR) is 75.2 cm³/mol. The molecule has 0 saturated carbocycles. The summed E-state index contributed by atoms with van der Waals surface area (Å²) in [6.45, 7) is 1.96. The summed E-state index contributed by atoms with van der Waals surface area (Å²) >= 11 is 6.26. The van der Waals surface area contributed by atoms with Gasteiger partial charge in [-0.05, 0) is 37.3 Å². The van der Waals surface area contributed by atoms with Gasteiger partial charge in [0.25, 0.3) is 0 Å². The maximum absolute atomic E-state index is 6.26. The standard InChI is InChI=1S/C14H12ClN3/c1-9-17-12-4-2-3-5-13(12)18(9)14-8-10(16)6-7-11(14)15/h2-8H,16H2,1H3. The van der Waals surface area contributed by atoms with Crippen molar-refractivity contribution in [2.24, 2.45) is 0 Å². The number of aryl methyl sites for hydroxylation is 1. The van der Waals surface area contributed by atoms with Crippen LogP contribution in [-0.2, 0) is 0 Å². The molecule has 0 spiro atoms. The zero-order valence-electron chi connectivity index (χ0n) is 9.89. The van der Waals surface area contributed by atoms with E-state index < -0.39 is 0 Å². The van der Waals surface area contributed by atoms with Gasteiger partial charge < -0.3 is 5.73 Å². The quantitative estimate of drug-likeness (QED) is 0.678. The van der Waals surface area contributed by atoms with Crippen LogP contribution in [0.5, 0.6) is 0 Å². The molecule has 3 nitrogen and oxygen atoms in total. The van der Waals surface area contributed by atoms with E-state index in [-0.39, 0.29) is 0 Å².